The summed E-state index contributed by atoms with van der Waals surface area (Å²) in [6, 6.07) is 11.4. The van der Waals surface area contributed by atoms with Gasteiger partial charge in [0, 0.05) is 30.4 Å². The first kappa shape index (κ1) is 21.1. The molecule has 0 aliphatic rings. The second-order valence-electron chi connectivity index (χ2n) is 7.41. The van der Waals surface area contributed by atoms with E-state index in [0.29, 0.717) is 28.9 Å². The number of hydrogen-bond acceptors (Lipinski definition) is 4. The molecule has 7 nitrogen and oxygen atoms in total. The molecule has 0 amide bonds. The third-order valence-corrected chi connectivity index (χ3v) is 4.83. The van der Waals surface area contributed by atoms with E-state index in [0.717, 1.165) is 16.7 Å². The Morgan fingerprint density at radius 3 is 2.53 bits per heavy atom. The number of para-hydroxylation sites is 1. The first-order valence-electron chi connectivity index (χ1n) is 9.72. The van der Waals surface area contributed by atoms with E-state index < -0.39 is 5.97 Å². The van der Waals surface area contributed by atoms with Gasteiger partial charge < -0.3 is 10.2 Å². The van der Waals surface area contributed by atoms with Crippen LogP contribution in [0.5, 0.6) is 5.75 Å². The lowest BCUT2D eigenvalue weighted by atomic mass is 9.99. The molecule has 0 aliphatic carbocycles. The number of carboxylic acid groups (broad SMARTS) is 1. The van der Waals surface area contributed by atoms with Crippen LogP contribution in [0.4, 0.5) is 5.69 Å². The molecule has 0 spiro atoms. The van der Waals surface area contributed by atoms with E-state index in [9.17, 15) is 14.7 Å². The summed E-state index contributed by atoms with van der Waals surface area (Å²) in [5.74, 6) is -0.846. The molecular weight excluding hydrogens is 382 g/mol. The van der Waals surface area contributed by atoms with Gasteiger partial charge in [-0.3, -0.25) is 24.4 Å². The molecule has 0 atom stereocenters. The molecular formula is C23H25N3O4. The van der Waals surface area contributed by atoms with Crippen molar-refractivity contribution in [2.45, 2.75) is 40.2 Å². The van der Waals surface area contributed by atoms with Crippen molar-refractivity contribution in [3.63, 3.8) is 0 Å². The van der Waals surface area contributed by atoms with Crippen molar-refractivity contribution in [3.05, 3.63) is 69.1 Å². The van der Waals surface area contributed by atoms with E-state index in [1.807, 2.05) is 38.1 Å². The van der Waals surface area contributed by atoms with Gasteiger partial charge in [-0.1, -0.05) is 41.5 Å². The number of aliphatic imine (C=N–C) groups is 1. The number of H-pyrrole nitrogens is 1. The summed E-state index contributed by atoms with van der Waals surface area (Å²) in [7, 11) is 0. The number of aromatic nitrogens is 2. The van der Waals surface area contributed by atoms with Gasteiger partial charge in [0.1, 0.15) is 11.4 Å². The van der Waals surface area contributed by atoms with Crippen LogP contribution in [0.25, 0.3) is 11.1 Å². The zero-order chi connectivity index (χ0) is 21.8. The topological polar surface area (TPSA) is 108 Å². The molecule has 0 aliphatic heterocycles. The third kappa shape index (κ3) is 4.68. The maximum absolute atomic E-state index is 12.6. The van der Waals surface area contributed by atoms with Gasteiger partial charge >= 0.3 is 5.97 Å². The fourth-order valence-corrected chi connectivity index (χ4v) is 3.45. The zero-order valence-electron chi connectivity index (χ0n) is 17.3. The number of phenols is 1. The van der Waals surface area contributed by atoms with Gasteiger partial charge in [-0.25, -0.2) is 0 Å². The summed E-state index contributed by atoms with van der Waals surface area (Å²) >= 11 is 0. The van der Waals surface area contributed by atoms with Crippen molar-refractivity contribution in [2.24, 2.45) is 4.99 Å². The Morgan fingerprint density at radius 1 is 1.17 bits per heavy atom. The number of aromatic amines is 1. The van der Waals surface area contributed by atoms with Gasteiger partial charge in [-0.05, 0) is 38.8 Å². The molecule has 3 N–H and O–H groups in total. The molecule has 0 radical (unpaired) electrons. The Kier molecular flexibility index (Phi) is 6.20. The van der Waals surface area contributed by atoms with Gasteiger partial charge in [0.15, 0.2) is 0 Å². The maximum Gasteiger partial charge on any atom is 0.303 e. The summed E-state index contributed by atoms with van der Waals surface area (Å²) in [5.41, 5.74) is 4.88. The summed E-state index contributed by atoms with van der Waals surface area (Å²) in [4.78, 5) is 27.6. The number of aryl methyl sites for hydroxylation is 4. The Balaban J connectivity index is 1.89. The Labute approximate surface area is 174 Å². The monoisotopic (exact) mass is 407 g/mol. The average molecular weight is 407 g/mol. The van der Waals surface area contributed by atoms with Gasteiger partial charge in [-0.2, -0.15) is 0 Å². The fourth-order valence-electron chi connectivity index (χ4n) is 3.45. The Morgan fingerprint density at radius 2 is 1.87 bits per heavy atom. The highest BCUT2D eigenvalue weighted by atomic mass is 16.4. The van der Waals surface area contributed by atoms with Crippen LogP contribution in [-0.4, -0.2) is 32.2 Å². The van der Waals surface area contributed by atoms with Crippen LogP contribution in [0.1, 0.15) is 35.2 Å². The van der Waals surface area contributed by atoms with Crippen molar-refractivity contribution >= 4 is 17.9 Å². The van der Waals surface area contributed by atoms with Crippen molar-refractivity contribution < 1.29 is 15.0 Å². The second kappa shape index (κ2) is 8.82. The van der Waals surface area contributed by atoms with Gasteiger partial charge in [0.05, 0.1) is 5.56 Å². The van der Waals surface area contributed by atoms with E-state index in [2.05, 4.69) is 16.2 Å². The predicted octanol–water partition coefficient (Wildman–Crippen LogP) is 4.09. The second-order valence-corrected chi connectivity index (χ2v) is 7.41. The summed E-state index contributed by atoms with van der Waals surface area (Å²) in [5, 5.41) is 22.4. The van der Waals surface area contributed by atoms with Crippen molar-refractivity contribution in [2.75, 3.05) is 0 Å². The maximum atomic E-state index is 12.6. The number of hydrogen-bond donors (Lipinski definition) is 3. The van der Waals surface area contributed by atoms with E-state index in [4.69, 9.17) is 5.11 Å². The van der Waals surface area contributed by atoms with Crippen LogP contribution >= 0.6 is 0 Å². The third-order valence-electron chi connectivity index (χ3n) is 4.83. The molecule has 1 heterocycles. The molecule has 156 valence electrons. The molecule has 30 heavy (non-hydrogen) atoms. The quantitative estimate of drug-likeness (QED) is 0.513. The summed E-state index contributed by atoms with van der Waals surface area (Å²) < 4.78 is 1.38. The summed E-state index contributed by atoms with van der Waals surface area (Å²) in [6.07, 6.45) is 1.78. The molecule has 0 saturated carbocycles. The number of benzene rings is 2. The number of aliphatic carboxylic acids is 1. The average Bonchev–Trinajstić information content (AvgIpc) is 2.93. The minimum atomic E-state index is -0.896. The van der Waals surface area contributed by atoms with Crippen molar-refractivity contribution in [1.29, 1.82) is 0 Å². The number of carbonyl (C=O) groups is 1. The fraction of sp³-hybridized carbons (Fsp3) is 0.261. The normalized spacial score (nSPS) is 11.3. The Bertz CT molecular complexity index is 1150. The number of nitrogens with zero attached hydrogens (tertiary/aromatic N) is 2. The van der Waals surface area contributed by atoms with E-state index in [1.54, 1.807) is 13.0 Å². The number of phenolic OH excluding ortho intramolecular Hbond substituents is 1. The molecule has 3 rings (SSSR count). The number of nitrogens with one attached hydrogen (secondary N) is 1. The van der Waals surface area contributed by atoms with Crippen LogP contribution in [-0.2, 0) is 11.3 Å². The number of rotatable bonds is 7. The highest BCUT2D eigenvalue weighted by Crippen LogP contribution is 2.37. The first-order valence-corrected chi connectivity index (χ1v) is 9.72. The highest BCUT2D eigenvalue weighted by molar-refractivity contribution is 5.85. The van der Waals surface area contributed by atoms with Gasteiger partial charge in [0.25, 0.3) is 5.56 Å². The summed E-state index contributed by atoms with van der Waals surface area (Å²) in [6.45, 7) is 6.05. The number of aromatic hydroxyl groups is 1. The van der Waals surface area contributed by atoms with E-state index in [-0.39, 0.29) is 24.3 Å². The van der Waals surface area contributed by atoms with Crippen LogP contribution in [0.15, 0.2) is 46.2 Å². The molecule has 2 aromatic carbocycles. The molecule has 7 heteroatoms. The largest absolute Gasteiger partial charge is 0.505 e. The standard InChI is InChI=1S/C23H25N3O4/c1-14-10-15(2)12-17(11-14)18-6-4-7-20(22(18)29)24-13-19-16(3)25-26(23(19)30)9-5-8-21(27)28/h4,6-7,10-13,25,29H,5,8-9H2,1-3H3,(H,27,28). The van der Waals surface area contributed by atoms with Crippen molar-refractivity contribution in [3.8, 4) is 16.9 Å². The lowest BCUT2D eigenvalue weighted by Gasteiger charge is -2.09. The molecule has 0 saturated heterocycles. The van der Waals surface area contributed by atoms with Gasteiger partial charge in [0.2, 0.25) is 0 Å². The minimum Gasteiger partial charge on any atom is -0.505 e. The van der Waals surface area contributed by atoms with Gasteiger partial charge in [-0.15, -0.1) is 0 Å². The van der Waals surface area contributed by atoms with Crippen molar-refractivity contribution in [1.82, 2.24) is 9.78 Å². The van der Waals surface area contributed by atoms with E-state index >= 15 is 0 Å². The van der Waals surface area contributed by atoms with Crippen LogP contribution in [0, 0.1) is 20.8 Å². The lowest BCUT2D eigenvalue weighted by Crippen LogP contribution is -2.19. The lowest BCUT2D eigenvalue weighted by molar-refractivity contribution is -0.137. The van der Waals surface area contributed by atoms with Crippen LogP contribution < -0.4 is 5.56 Å². The van der Waals surface area contributed by atoms with Crippen LogP contribution in [0.3, 0.4) is 0 Å². The molecule has 1 aromatic heterocycles. The minimum absolute atomic E-state index is 0.00692. The molecule has 0 unspecified atom stereocenters. The Hall–Kier alpha value is -3.61. The highest BCUT2D eigenvalue weighted by Gasteiger charge is 2.12. The SMILES string of the molecule is Cc1cc(C)cc(-c2cccc(N=Cc3c(C)[nH]n(CCCC(=O)O)c3=O)c2O)c1. The van der Waals surface area contributed by atoms with E-state index in [1.165, 1.54) is 10.9 Å². The van der Waals surface area contributed by atoms with Crippen LogP contribution in [0.2, 0.25) is 0 Å². The molecule has 0 fully saturated rings. The molecule has 3 aromatic rings. The molecule has 0 bridgehead atoms. The predicted molar refractivity (Wildman–Crippen MR) is 117 cm³/mol. The number of carboxylic acids is 1. The zero-order valence-corrected chi connectivity index (χ0v) is 17.3. The first-order chi connectivity index (χ1) is 14.3. The smallest absolute Gasteiger partial charge is 0.303 e.